The highest BCUT2D eigenvalue weighted by atomic mass is 16.3. The molecule has 1 aromatic rings. The molecule has 1 aliphatic rings. The van der Waals surface area contributed by atoms with Crippen molar-refractivity contribution in [3.8, 4) is 0 Å². The van der Waals surface area contributed by atoms with Crippen LogP contribution in [0.2, 0.25) is 0 Å². The van der Waals surface area contributed by atoms with Crippen LogP contribution in [-0.2, 0) is 6.42 Å². The molecule has 0 radical (unpaired) electrons. The van der Waals surface area contributed by atoms with Gasteiger partial charge in [0.1, 0.15) is 0 Å². The van der Waals surface area contributed by atoms with Crippen molar-refractivity contribution in [3.05, 3.63) is 34.9 Å². The SMILES string of the molecule is CCCC1CCCC(O)(Cc2ccc(C)c(C)c2)CC1. The van der Waals surface area contributed by atoms with E-state index in [2.05, 4.69) is 39.0 Å². The van der Waals surface area contributed by atoms with E-state index in [1.54, 1.807) is 0 Å². The lowest BCUT2D eigenvalue weighted by Crippen LogP contribution is -2.30. The van der Waals surface area contributed by atoms with Gasteiger partial charge >= 0.3 is 0 Å². The smallest absolute Gasteiger partial charge is 0.0688 e. The first-order valence-corrected chi connectivity index (χ1v) is 8.31. The Labute approximate surface area is 124 Å². The van der Waals surface area contributed by atoms with Gasteiger partial charge in [-0.15, -0.1) is 0 Å². The summed E-state index contributed by atoms with van der Waals surface area (Å²) in [5, 5.41) is 11.0. The summed E-state index contributed by atoms with van der Waals surface area (Å²) in [5.74, 6) is 0.841. The Kier molecular flexibility index (Phi) is 5.26. The highest BCUT2D eigenvalue weighted by molar-refractivity contribution is 5.30. The van der Waals surface area contributed by atoms with Gasteiger partial charge in [0.15, 0.2) is 0 Å². The molecule has 1 fully saturated rings. The number of benzene rings is 1. The van der Waals surface area contributed by atoms with Gasteiger partial charge < -0.3 is 5.11 Å². The molecule has 2 unspecified atom stereocenters. The van der Waals surface area contributed by atoms with E-state index in [9.17, 15) is 5.11 Å². The maximum Gasteiger partial charge on any atom is 0.0688 e. The minimum absolute atomic E-state index is 0.468. The van der Waals surface area contributed by atoms with E-state index < -0.39 is 5.60 Å². The third-order valence-corrected chi connectivity index (χ3v) is 5.07. The molecule has 1 heteroatoms. The lowest BCUT2D eigenvalue weighted by molar-refractivity contribution is 0.0241. The van der Waals surface area contributed by atoms with Crippen molar-refractivity contribution in [2.75, 3.05) is 0 Å². The fraction of sp³-hybridized carbons (Fsp3) is 0.684. The second kappa shape index (κ2) is 6.76. The molecule has 1 saturated carbocycles. The first-order valence-electron chi connectivity index (χ1n) is 8.31. The van der Waals surface area contributed by atoms with Crippen LogP contribution in [0.3, 0.4) is 0 Å². The van der Waals surface area contributed by atoms with E-state index in [1.165, 1.54) is 48.8 Å². The summed E-state index contributed by atoms with van der Waals surface area (Å²) < 4.78 is 0. The number of hydrogen-bond donors (Lipinski definition) is 1. The average Bonchev–Trinajstić information content (AvgIpc) is 2.57. The quantitative estimate of drug-likeness (QED) is 0.770. The highest BCUT2D eigenvalue weighted by Gasteiger charge is 2.30. The van der Waals surface area contributed by atoms with Crippen molar-refractivity contribution in [1.82, 2.24) is 0 Å². The zero-order valence-electron chi connectivity index (χ0n) is 13.4. The average molecular weight is 274 g/mol. The molecule has 0 heterocycles. The minimum Gasteiger partial charge on any atom is -0.390 e. The minimum atomic E-state index is -0.468. The molecular formula is C19H30O. The largest absolute Gasteiger partial charge is 0.390 e. The van der Waals surface area contributed by atoms with Crippen LogP contribution in [0.1, 0.15) is 68.6 Å². The molecule has 1 nitrogen and oxygen atoms in total. The Bertz CT molecular complexity index is 437. The fourth-order valence-electron chi connectivity index (χ4n) is 3.63. The fourth-order valence-corrected chi connectivity index (χ4v) is 3.63. The number of aryl methyl sites for hydroxylation is 2. The molecule has 0 aromatic heterocycles. The monoisotopic (exact) mass is 274 g/mol. The van der Waals surface area contributed by atoms with E-state index in [4.69, 9.17) is 0 Å². The molecule has 20 heavy (non-hydrogen) atoms. The third-order valence-electron chi connectivity index (χ3n) is 5.07. The molecule has 0 aliphatic heterocycles. The molecule has 0 amide bonds. The molecular weight excluding hydrogens is 244 g/mol. The Morgan fingerprint density at radius 2 is 1.95 bits per heavy atom. The summed E-state index contributed by atoms with van der Waals surface area (Å²) in [4.78, 5) is 0. The van der Waals surface area contributed by atoms with Gasteiger partial charge in [-0.05, 0) is 55.7 Å². The van der Waals surface area contributed by atoms with Crippen LogP contribution < -0.4 is 0 Å². The topological polar surface area (TPSA) is 20.2 Å². The van der Waals surface area contributed by atoms with Crippen LogP contribution in [0, 0.1) is 19.8 Å². The van der Waals surface area contributed by atoms with Crippen LogP contribution in [0.4, 0.5) is 0 Å². The first-order chi connectivity index (χ1) is 9.52. The second-order valence-corrected chi connectivity index (χ2v) is 6.91. The van der Waals surface area contributed by atoms with Crippen molar-refractivity contribution in [2.24, 2.45) is 5.92 Å². The molecule has 1 N–H and O–H groups in total. The summed E-state index contributed by atoms with van der Waals surface area (Å²) in [6, 6.07) is 6.63. The summed E-state index contributed by atoms with van der Waals surface area (Å²) in [5.41, 5.74) is 3.50. The van der Waals surface area contributed by atoms with Crippen molar-refractivity contribution >= 4 is 0 Å². The van der Waals surface area contributed by atoms with Crippen molar-refractivity contribution in [2.45, 2.75) is 77.7 Å². The Morgan fingerprint density at radius 1 is 1.15 bits per heavy atom. The van der Waals surface area contributed by atoms with Crippen molar-refractivity contribution in [3.63, 3.8) is 0 Å². The lowest BCUT2D eigenvalue weighted by atomic mass is 9.86. The molecule has 0 bridgehead atoms. The highest BCUT2D eigenvalue weighted by Crippen LogP contribution is 2.34. The van der Waals surface area contributed by atoms with E-state index in [0.29, 0.717) is 0 Å². The van der Waals surface area contributed by atoms with Gasteiger partial charge in [0.2, 0.25) is 0 Å². The molecule has 1 aliphatic carbocycles. The molecule has 112 valence electrons. The van der Waals surface area contributed by atoms with Crippen LogP contribution in [0.15, 0.2) is 18.2 Å². The van der Waals surface area contributed by atoms with Gasteiger partial charge in [-0.1, -0.05) is 50.8 Å². The van der Waals surface area contributed by atoms with Gasteiger partial charge in [-0.2, -0.15) is 0 Å². The van der Waals surface area contributed by atoms with E-state index in [1.807, 2.05) is 0 Å². The molecule has 2 atom stereocenters. The zero-order valence-corrected chi connectivity index (χ0v) is 13.4. The van der Waals surface area contributed by atoms with Crippen LogP contribution in [0.5, 0.6) is 0 Å². The number of hydrogen-bond acceptors (Lipinski definition) is 1. The second-order valence-electron chi connectivity index (χ2n) is 6.91. The van der Waals surface area contributed by atoms with E-state index in [-0.39, 0.29) is 0 Å². The van der Waals surface area contributed by atoms with Gasteiger partial charge in [-0.3, -0.25) is 0 Å². The normalized spacial score (nSPS) is 27.3. The Hall–Kier alpha value is -0.820. The van der Waals surface area contributed by atoms with Crippen LogP contribution >= 0.6 is 0 Å². The Balaban J connectivity index is 2.01. The van der Waals surface area contributed by atoms with E-state index in [0.717, 1.165) is 25.2 Å². The summed E-state index contributed by atoms with van der Waals surface area (Å²) in [6.45, 7) is 6.58. The number of rotatable bonds is 4. The standard InChI is InChI=1S/C19H30O/c1-4-6-17-7-5-11-19(20,12-10-17)14-18-9-8-15(2)16(3)13-18/h8-9,13,17,20H,4-7,10-12,14H2,1-3H3. The third kappa shape index (κ3) is 4.09. The predicted molar refractivity (Wildman–Crippen MR) is 86.1 cm³/mol. The lowest BCUT2D eigenvalue weighted by Gasteiger charge is -2.27. The van der Waals surface area contributed by atoms with Gasteiger partial charge in [0, 0.05) is 6.42 Å². The molecule has 0 saturated heterocycles. The van der Waals surface area contributed by atoms with Gasteiger partial charge in [-0.25, -0.2) is 0 Å². The maximum absolute atomic E-state index is 11.0. The molecule has 1 aromatic carbocycles. The van der Waals surface area contributed by atoms with Crippen molar-refractivity contribution in [1.29, 1.82) is 0 Å². The zero-order chi connectivity index (χ0) is 14.6. The molecule has 0 spiro atoms. The first kappa shape index (κ1) is 15.6. The predicted octanol–water partition coefficient (Wildman–Crippen LogP) is 4.96. The van der Waals surface area contributed by atoms with Gasteiger partial charge in [0.05, 0.1) is 5.60 Å². The number of aliphatic hydroxyl groups is 1. The van der Waals surface area contributed by atoms with Gasteiger partial charge in [0.25, 0.3) is 0 Å². The molecule has 2 rings (SSSR count). The van der Waals surface area contributed by atoms with Crippen molar-refractivity contribution < 1.29 is 5.11 Å². The van der Waals surface area contributed by atoms with E-state index >= 15 is 0 Å². The maximum atomic E-state index is 11.0. The van der Waals surface area contributed by atoms with Crippen LogP contribution in [0.25, 0.3) is 0 Å². The summed E-state index contributed by atoms with van der Waals surface area (Å²) in [6.07, 6.45) is 9.09. The Morgan fingerprint density at radius 3 is 2.65 bits per heavy atom. The summed E-state index contributed by atoms with van der Waals surface area (Å²) in [7, 11) is 0. The summed E-state index contributed by atoms with van der Waals surface area (Å²) >= 11 is 0. The van der Waals surface area contributed by atoms with Crippen LogP contribution in [-0.4, -0.2) is 10.7 Å².